The molecule has 0 amide bonds. The average molecular weight is 419 g/mol. The van der Waals surface area contributed by atoms with Crippen molar-refractivity contribution in [1.29, 1.82) is 0 Å². The van der Waals surface area contributed by atoms with E-state index in [1.807, 2.05) is 19.1 Å². The van der Waals surface area contributed by atoms with Crippen LogP contribution < -0.4 is 4.72 Å². The summed E-state index contributed by atoms with van der Waals surface area (Å²) in [6, 6.07) is 11.3. The molecular formula is C20H18FNO4S2. The molecule has 146 valence electrons. The molecule has 2 aromatic carbocycles. The SMILES string of the molecule is COC(=O)c1scc(-c2ccc(C)cc2)c1S(=O)(=O)Nc1ccc(C)c(F)c1. The molecule has 0 aliphatic carbocycles. The van der Waals surface area contributed by atoms with Crippen LogP contribution in [0.3, 0.4) is 0 Å². The van der Waals surface area contributed by atoms with Crippen molar-refractivity contribution in [3.05, 3.63) is 69.7 Å². The minimum Gasteiger partial charge on any atom is -0.465 e. The van der Waals surface area contributed by atoms with E-state index in [-0.39, 0.29) is 15.5 Å². The van der Waals surface area contributed by atoms with Gasteiger partial charge < -0.3 is 4.74 Å². The number of carbonyl (C=O) groups is 1. The predicted molar refractivity (Wildman–Crippen MR) is 108 cm³/mol. The van der Waals surface area contributed by atoms with Crippen molar-refractivity contribution >= 4 is 33.0 Å². The molecule has 1 N–H and O–H groups in total. The second-order valence-corrected chi connectivity index (χ2v) is 8.73. The second kappa shape index (κ2) is 7.73. The third-order valence-corrected chi connectivity index (χ3v) is 6.73. The van der Waals surface area contributed by atoms with Crippen molar-refractivity contribution in [3.8, 4) is 11.1 Å². The van der Waals surface area contributed by atoms with Crippen molar-refractivity contribution < 1.29 is 22.3 Å². The zero-order chi connectivity index (χ0) is 20.5. The first-order valence-corrected chi connectivity index (χ1v) is 10.6. The quantitative estimate of drug-likeness (QED) is 0.605. The fraction of sp³-hybridized carbons (Fsp3) is 0.150. The molecule has 0 spiro atoms. The first kappa shape index (κ1) is 20.0. The molecule has 0 bridgehead atoms. The molecule has 1 heterocycles. The molecule has 0 aliphatic rings. The van der Waals surface area contributed by atoms with Crippen molar-refractivity contribution in [2.24, 2.45) is 0 Å². The van der Waals surface area contributed by atoms with E-state index in [1.165, 1.54) is 19.2 Å². The van der Waals surface area contributed by atoms with Crippen LogP contribution in [-0.2, 0) is 14.8 Å². The molecule has 3 aromatic rings. The summed E-state index contributed by atoms with van der Waals surface area (Å²) >= 11 is 0.983. The number of methoxy groups -OCH3 is 1. The van der Waals surface area contributed by atoms with Gasteiger partial charge in [0.15, 0.2) is 0 Å². The summed E-state index contributed by atoms with van der Waals surface area (Å²) in [5.74, 6) is -1.28. The molecule has 0 saturated carbocycles. The van der Waals surface area contributed by atoms with Gasteiger partial charge in [-0.05, 0) is 37.1 Å². The molecule has 0 aliphatic heterocycles. The predicted octanol–water partition coefficient (Wildman–Crippen LogP) is 4.76. The summed E-state index contributed by atoms with van der Waals surface area (Å²) in [6.45, 7) is 3.50. The maximum Gasteiger partial charge on any atom is 0.349 e. The lowest BCUT2D eigenvalue weighted by atomic mass is 10.1. The van der Waals surface area contributed by atoms with Crippen molar-refractivity contribution in [3.63, 3.8) is 0 Å². The molecule has 0 fully saturated rings. The third kappa shape index (κ3) is 3.93. The Morgan fingerprint density at radius 2 is 1.79 bits per heavy atom. The van der Waals surface area contributed by atoms with E-state index in [2.05, 4.69) is 4.72 Å². The van der Waals surface area contributed by atoms with Gasteiger partial charge in [0.25, 0.3) is 10.0 Å². The Labute approximate surface area is 166 Å². The van der Waals surface area contributed by atoms with Crippen LogP contribution in [0.2, 0.25) is 0 Å². The molecule has 1 aromatic heterocycles. The van der Waals surface area contributed by atoms with E-state index < -0.39 is 21.8 Å². The number of aryl methyl sites for hydroxylation is 2. The molecule has 0 atom stereocenters. The normalized spacial score (nSPS) is 11.3. The largest absolute Gasteiger partial charge is 0.465 e. The molecular weight excluding hydrogens is 401 g/mol. The van der Waals surface area contributed by atoms with Crippen LogP contribution >= 0.6 is 11.3 Å². The summed E-state index contributed by atoms with van der Waals surface area (Å²) in [6.07, 6.45) is 0. The van der Waals surface area contributed by atoms with Gasteiger partial charge in [-0.2, -0.15) is 0 Å². The number of ether oxygens (including phenoxy) is 1. The first-order valence-electron chi connectivity index (χ1n) is 8.28. The van der Waals surface area contributed by atoms with Crippen LogP contribution in [0.1, 0.15) is 20.8 Å². The lowest BCUT2D eigenvalue weighted by Gasteiger charge is -2.12. The van der Waals surface area contributed by atoms with Gasteiger partial charge in [-0.25, -0.2) is 17.6 Å². The molecule has 0 saturated heterocycles. The Balaban J connectivity index is 2.14. The zero-order valence-corrected chi connectivity index (χ0v) is 17.1. The number of carbonyl (C=O) groups excluding carboxylic acids is 1. The first-order chi connectivity index (χ1) is 13.2. The van der Waals surface area contributed by atoms with Gasteiger partial charge in [0.1, 0.15) is 15.6 Å². The number of anilines is 1. The number of hydrogen-bond acceptors (Lipinski definition) is 5. The lowest BCUT2D eigenvalue weighted by molar-refractivity contribution is 0.0602. The van der Waals surface area contributed by atoms with Crippen LogP contribution in [0, 0.1) is 19.7 Å². The van der Waals surface area contributed by atoms with E-state index in [1.54, 1.807) is 24.4 Å². The fourth-order valence-corrected chi connectivity index (χ4v) is 5.41. The summed E-state index contributed by atoms with van der Waals surface area (Å²) in [7, 11) is -2.99. The van der Waals surface area contributed by atoms with Gasteiger partial charge in [0.05, 0.1) is 12.8 Å². The molecule has 0 unspecified atom stereocenters. The number of hydrogen-bond donors (Lipinski definition) is 1. The van der Waals surface area contributed by atoms with Gasteiger partial charge in [0, 0.05) is 10.9 Å². The van der Waals surface area contributed by atoms with E-state index in [9.17, 15) is 17.6 Å². The van der Waals surface area contributed by atoms with Crippen molar-refractivity contribution in [2.75, 3.05) is 11.8 Å². The summed E-state index contributed by atoms with van der Waals surface area (Å²) in [5.41, 5.74) is 2.51. The van der Waals surface area contributed by atoms with Crippen LogP contribution in [0.4, 0.5) is 10.1 Å². The van der Waals surface area contributed by atoms with E-state index >= 15 is 0 Å². The number of sulfonamides is 1. The molecule has 8 heteroatoms. The highest BCUT2D eigenvalue weighted by Crippen LogP contribution is 2.37. The van der Waals surface area contributed by atoms with Gasteiger partial charge in [-0.1, -0.05) is 35.9 Å². The monoisotopic (exact) mass is 419 g/mol. The standard InChI is InChI=1S/C20H18FNO4S2/c1-12-4-7-14(8-5-12)16-11-27-18(20(23)26-3)19(16)28(24,25)22-15-9-6-13(2)17(21)10-15/h4-11,22H,1-3H3. The van der Waals surface area contributed by atoms with Crippen LogP contribution in [0.5, 0.6) is 0 Å². The van der Waals surface area contributed by atoms with E-state index in [4.69, 9.17) is 4.74 Å². The summed E-state index contributed by atoms with van der Waals surface area (Å²) in [5, 5.41) is 1.60. The topological polar surface area (TPSA) is 72.5 Å². The Hall–Kier alpha value is -2.71. The highest BCUT2D eigenvalue weighted by Gasteiger charge is 2.30. The number of benzene rings is 2. The van der Waals surface area contributed by atoms with Crippen molar-refractivity contribution in [1.82, 2.24) is 0 Å². The van der Waals surface area contributed by atoms with E-state index in [0.29, 0.717) is 16.7 Å². The highest BCUT2D eigenvalue weighted by atomic mass is 32.2. The van der Waals surface area contributed by atoms with Crippen molar-refractivity contribution in [2.45, 2.75) is 18.7 Å². The van der Waals surface area contributed by atoms with Gasteiger partial charge >= 0.3 is 5.97 Å². The molecule has 0 radical (unpaired) electrons. The number of nitrogens with one attached hydrogen (secondary N) is 1. The Morgan fingerprint density at radius 1 is 1.11 bits per heavy atom. The number of rotatable bonds is 5. The Kier molecular flexibility index (Phi) is 5.53. The highest BCUT2D eigenvalue weighted by molar-refractivity contribution is 7.93. The van der Waals surface area contributed by atoms with Crippen LogP contribution in [0.25, 0.3) is 11.1 Å². The smallest absolute Gasteiger partial charge is 0.349 e. The minimum absolute atomic E-state index is 0.0434. The third-order valence-electron chi connectivity index (χ3n) is 4.17. The van der Waals surface area contributed by atoms with Gasteiger partial charge in [0.2, 0.25) is 0 Å². The molecule has 5 nitrogen and oxygen atoms in total. The summed E-state index contributed by atoms with van der Waals surface area (Å²) in [4.78, 5) is 11.9. The average Bonchev–Trinajstić information content (AvgIpc) is 3.10. The van der Waals surface area contributed by atoms with Crippen LogP contribution in [0.15, 0.2) is 52.7 Å². The summed E-state index contributed by atoms with van der Waals surface area (Å²) < 4.78 is 47.2. The molecule has 3 rings (SSSR count). The fourth-order valence-electron chi connectivity index (χ4n) is 2.64. The van der Waals surface area contributed by atoms with Gasteiger partial charge in [-0.15, -0.1) is 11.3 Å². The number of thiophene rings is 1. The van der Waals surface area contributed by atoms with Crippen LogP contribution in [-0.4, -0.2) is 21.5 Å². The Bertz CT molecular complexity index is 1140. The Morgan fingerprint density at radius 3 is 2.39 bits per heavy atom. The second-order valence-electron chi connectivity index (χ2n) is 6.23. The van der Waals surface area contributed by atoms with E-state index in [0.717, 1.165) is 23.0 Å². The molecule has 28 heavy (non-hydrogen) atoms. The van der Waals surface area contributed by atoms with Gasteiger partial charge in [-0.3, -0.25) is 4.72 Å². The minimum atomic E-state index is -4.18. The lowest BCUT2D eigenvalue weighted by Crippen LogP contribution is -2.17. The maximum absolute atomic E-state index is 13.8. The zero-order valence-electron chi connectivity index (χ0n) is 15.4. The maximum atomic E-state index is 13.8. The number of esters is 1. The number of halogens is 1.